The Morgan fingerprint density at radius 1 is 1.45 bits per heavy atom. The van der Waals surface area contributed by atoms with E-state index >= 15 is 0 Å². The third-order valence-electron chi connectivity index (χ3n) is 2.91. The van der Waals surface area contributed by atoms with Crippen LogP contribution < -0.4 is 10.1 Å². The minimum absolute atomic E-state index is 0.276. The van der Waals surface area contributed by atoms with Crippen molar-refractivity contribution in [1.82, 2.24) is 10.3 Å². The molecule has 6 nitrogen and oxygen atoms in total. The molecular weight excluding hydrogens is 260 g/mol. The lowest BCUT2D eigenvalue weighted by Gasteiger charge is -2.19. The van der Waals surface area contributed by atoms with E-state index < -0.39 is 11.4 Å². The number of carbonyl (C=O) groups is 2. The van der Waals surface area contributed by atoms with Crippen molar-refractivity contribution >= 4 is 11.9 Å². The van der Waals surface area contributed by atoms with E-state index in [4.69, 9.17) is 9.84 Å². The van der Waals surface area contributed by atoms with Crippen molar-refractivity contribution in [2.24, 2.45) is 5.41 Å². The van der Waals surface area contributed by atoms with Gasteiger partial charge in [-0.25, -0.2) is 4.98 Å². The van der Waals surface area contributed by atoms with Gasteiger partial charge in [0.15, 0.2) is 0 Å². The Morgan fingerprint density at radius 2 is 2.15 bits per heavy atom. The predicted octanol–water partition coefficient (Wildman–Crippen LogP) is 1.71. The fourth-order valence-corrected chi connectivity index (χ4v) is 1.51. The van der Waals surface area contributed by atoms with Gasteiger partial charge in [0.1, 0.15) is 5.56 Å². The van der Waals surface area contributed by atoms with Crippen LogP contribution in [0.25, 0.3) is 0 Å². The Labute approximate surface area is 118 Å². The van der Waals surface area contributed by atoms with Gasteiger partial charge in [0.2, 0.25) is 5.88 Å². The van der Waals surface area contributed by atoms with Gasteiger partial charge in [0.05, 0.1) is 12.0 Å². The lowest BCUT2D eigenvalue weighted by Crippen LogP contribution is -2.32. The zero-order valence-electron chi connectivity index (χ0n) is 12.0. The first-order valence-corrected chi connectivity index (χ1v) is 6.48. The molecule has 110 valence electrons. The molecule has 0 unspecified atom stereocenters. The van der Waals surface area contributed by atoms with Gasteiger partial charge >= 0.3 is 5.97 Å². The van der Waals surface area contributed by atoms with Gasteiger partial charge < -0.3 is 15.2 Å². The molecule has 0 atom stereocenters. The highest BCUT2D eigenvalue weighted by Gasteiger charge is 2.26. The van der Waals surface area contributed by atoms with Gasteiger partial charge in [-0.3, -0.25) is 9.59 Å². The number of carboxylic acids is 1. The van der Waals surface area contributed by atoms with Gasteiger partial charge in [-0.05, 0) is 39.3 Å². The third kappa shape index (κ3) is 4.22. The van der Waals surface area contributed by atoms with E-state index in [-0.39, 0.29) is 18.3 Å². The smallest absolute Gasteiger partial charge is 0.309 e. The topological polar surface area (TPSA) is 88.5 Å². The van der Waals surface area contributed by atoms with Crippen molar-refractivity contribution < 1.29 is 19.4 Å². The largest absolute Gasteiger partial charge is 0.481 e. The summed E-state index contributed by atoms with van der Waals surface area (Å²) in [7, 11) is 0. The fourth-order valence-electron chi connectivity index (χ4n) is 1.51. The Hall–Kier alpha value is -2.11. The van der Waals surface area contributed by atoms with E-state index in [9.17, 15) is 9.59 Å². The second-order valence-corrected chi connectivity index (χ2v) is 4.98. The summed E-state index contributed by atoms with van der Waals surface area (Å²) in [6, 6.07) is 3.27. The molecule has 20 heavy (non-hydrogen) atoms. The Balaban J connectivity index is 2.62. The Kier molecular flexibility index (Phi) is 5.49. The standard InChI is InChI=1S/C14H20N2O4/c1-4-20-12-10(6-5-8-16-12)11(17)15-9-7-14(2,3)13(18)19/h5-6,8H,4,7,9H2,1-3H3,(H,15,17)(H,18,19). The molecule has 0 aromatic carbocycles. The normalized spacial score (nSPS) is 10.9. The van der Waals surface area contributed by atoms with Crippen molar-refractivity contribution in [2.75, 3.05) is 13.2 Å². The van der Waals surface area contributed by atoms with Gasteiger partial charge in [0, 0.05) is 12.7 Å². The summed E-state index contributed by atoms with van der Waals surface area (Å²) in [6.45, 7) is 5.75. The number of amides is 1. The zero-order valence-corrected chi connectivity index (χ0v) is 12.0. The van der Waals surface area contributed by atoms with Crippen LogP contribution in [0.1, 0.15) is 37.6 Å². The van der Waals surface area contributed by atoms with Crippen LogP contribution in [0, 0.1) is 5.41 Å². The molecule has 0 bridgehead atoms. The number of pyridine rings is 1. The van der Waals surface area contributed by atoms with E-state index in [0.29, 0.717) is 18.6 Å². The summed E-state index contributed by atoms with van der Waals surface area (Å²) < 4.78 is 5.28. The molecule has 0 saturated heterocycles. The van der Waals surface area contributed by atoms with Crippen molar-refractivity contribution in [3.05, 3.63) is 23.9 Å². The predicted molar refractivity (Wildman–Crippen MR) is 73.8 cm³/mol. The van der Waals surface area contributed by atoms with Crippen molar-refractivity contribution in [1.29, 1.82) is 0 Å². The van der Waals surface area contributed by atoms with Crippen LogP contribution in [0.5, 0.6) is 5.88 Å². The highest BCUT2D eigenvalue weighted by molar-refractivity contribution is 5.96. The summed E-state index contributed by atoms with van der Waals surface area (Å²) >= 11 is 0. The molecule has 1 aromatic heterocycles. The fraction of sp³-hybridized carbons (Fsp3) is 0.500. The minimum atomic E-state index is -0.886. The Morgan fingerprint density at radius 3 is 2.75 bits per heavy atom. The summed E-state index contributed by atoms with van der Waals surface area (Å²) in [5.74, 6) is -0.920. The average molecular weight is 280 g/mol. The van der Waals surface area contributed by atoms with E-state index in [0.717, 1.165) is 0 Å². The molecule has 1 aromatic rings. The highest BCUT2D eigenvalue weighted by Crippen LogP contribution is 2.20. The van der Waals surface area contributed by atoms with Gasteiger partial charge in [-0.15, -0.1) is 0 Å². The summed E-state index contributed by atoms with van der Waals surface area (Å²) in [5, 5.41) is 11.7. The van der Waals surface area contributed by atoms with Gasteiger partial charge in [-0.2, -0.15) is 0 Å². The first-order valence-electron chi connectivity index (χ1n) is 6.48. The maximum Gasteiger partial charge on any atom is 0.309 e. The number of carboxylic acid groups (broad SMARTS) is 1. The van der Waals surface area contributed by atoms with E-state index in [1.807, 2.05) is 6.92 Å². The van der Waals surface area contributed by atoms with Crippen molar-refractivity contribution in [3.63, 3.8) is 0 Å². The lowest BCUT2D eigenvalue weighted by molar-refractivity contribution is -0.147. The van der Waals surface area contributed by atoms with Crippen LogP contribution in [-0.4, -0.2) is 35.1 Å². The second-order valence-electron chi connectivity index (χ2n) is 4.98. The van der Waals surface area contributed by atoms with Crippen LogP contribution in [0.3, 0.4) is 0 Å². The van der Waals surface area contributed by atoms with Crippen molar-refractivity contribution in [2.45, 2.75) is 27.2 Å². The number of rotatable bonds is 7. The highest BCUT2D eigenvalue weighted by atomic mass is 16.5. The number of aromatic nitrogens is 1. The zero-order chi connectivity index (χ0) is 15.2. The van der Waals surface area contributed by atoms with Crippen LogP contribution in [-0.2, 0) is 4.79 Å². The lowest BCUT2D eigenvalue weighted by atomic mass is 9.90. The number of aliphatic carboxylic acids is 1. The van der Waals surface area contributed by atoms with Gasteiger partial charge in [-0.1, -0.05) is 0 Å². The van der Waals surface area contributed by atoms with Crippen LogP contribution in [0.15, 0.2) is 18.3 Å². The summed E-state index contributed by atoms with van der Waals surface area (Å²) in [6.07, 6.45) is 1.90. The third-order valence-corrected chi connectivity index (χ3v) is 2.91. The molecule has 0 spiro atoms. The molecule has 0 saturated carbocycles. The monoisotopic (exact) mass is 280 g/mol. The first-order chi connectivity index (χ1) is 9.38. The summed E-state index contributed by atoms with van der Waals surface area (Å²) in [5.41, 5.74) is -0.521. The molecule has 1 rings (SSSR count). The molecule has 0 aliphatic rings. The van der Waals surface area contributed by atoms with E-state index in [1.165, 1.54) is 0 Å². The Bertz CT molecular complexity index is 486. The maximum atomic E-state index is 12.0. The number of ether oxygens (including phenoxy) is 1. The summed E-state index contributed by atoms with van der Waals surface area (Å²) in [4.78, 5) is 27.0. The molecule has 0 aliphatic heterocycles. The minimum Gasteiger partial charge on any atom is -0.481 e. The molecule has 0 aliphatic carbocycles. The van der Waals surface area contributed by atoms with Crippen LogP contribution in [0.2, 0.25) is 0 Å². The first kappa shape index (κ1) is 15.9. The maximum absolute atomic E-state index is 12.0. The van der Waals surface area contributed by atoms with Crippen molar-refractivity contribution in [3.8, 4) is 5.88 Å². The molecule has 0 fully saturated rings. The second kappa shape index (κ2) is 6.88. The van der Waals surface area contributed by atoms with E-state index in [1.54, 1.807) is 32.2 Å². The number of carbonyl (C=O) groups excluding carboxylic acids is 1. The number of nitrogens with one attached hydrogen (secondary N) is 1. The van der Waals surface area contributed by atoms with Gasteiger partial charge in [0.25, 0.3) is 5.91 Å². The average Bonchev–Trinajstić information content (AvgIpc) is 2.39. The molecule has 1 heterocycles. The SMILES string of the molecule is CCOc1ncccc1C(=O)NCCC(C)(C)C(=O)O. The molecular formula is C14H20N2O4. The van der Waals surface area contributed by atoms with E-state index in [2.05, 4.69) is 10.3 Å². The quantitative estimate of drug-likeness (QED) is 0.793. The number of hydrogen-bond acceptors (Lipinski definition) is 4. The molecule has 0 radical (unpaired) electrons. The number of nitrogens with zero attached hydrogens (tertiary/aromatic N) is 1. The van der Waals surface area contributed by atoms with Crippen LogP contribution >= 0.6 is 0 Å². The molecule has 2 N–H and O–H groups in total. The molecule has 6 heteroatoms. The molecule has 1 amide bonds. The van der Waals surface area contributed by atoms with Crippen LogP contribution in [0.4, 0.5) is 0 Å². The number of hydrogen-bond donors (Lipinski definition) is 2.